The highest BCUT2D eigenvalue weighted by Gasteiger charge is 2.12. The maximum absolute atomic E-state index is 5.31. The molecule has 2 aromatic carbocycles. The fraction of sp³-hybridized carbons (Fsp3) is 0.188. The number of hydrogen-bond donors (Lipinski definition) is 0. The monoisotopic (exact) mass is 436 g/mol. The van der Waals surface area contributed by atoms with Crippen molar-refractivity contribution in [1.82, 2.24) is 20.2 Å². The predicted octanol–water partition coefficient (Wildman–Crippen LogP) is 4.23. The molecule has 0 saturated heterocycles. The van der Waals surface area contributed by atoms with Gasteiger partial charge in [-0.25, -0.2) is 0 Å². The number of methoxy groups -OCH3 is 1. The van der Waals surface area contributed by atoms with Crippen molar-refractivity contribution in [2.45, 2.75) is 13.5 Å². The molecule has 23 heavy (non-hydrogen) atoms. The van der Waals surface area contributed by atoms with Crippen molar-refractivity contribution in [2.24, 2.45) is 0 Å². The first-order valence-electron chi connectivity index (χ1n) is 6.93. The summed E-state index contributed by atoms with van der Waals surface area (Å²) in [6.45, 7) is 2.65. The van der Waals surface area contributed by atoms with Gasteiger partial charge >= 0.3 is 0 Å². The van der Waals surface area contributed by atoms with E-state index in [0.717, 1.165) is 25.8 Å². The molecule has 118 valence electrons. The number of ether oxygens (including phenoxy) is 1. The van der Waals surface area contributed by atoms with Crippen LogP contribution >= 0.6 is 31.9 Å². The van der Waals surface area contributed by atoms with Crippen LogP contribution < -0.4 is 4.74 Å². The van der Waals surface area contributed by atoms with Gasteiger partial charge in [0.15, 0.2) is 0 Å². The molecule has 0 bridgehead atoms. The third-order valence-corrected chi connectivity index (χ3v) is 4.54. The summed E-state index contributed by atoms with van der Waals surface area (Å²) in [6, 6.07) is 12.1. The van der Waals surface area contributed by atoms with E-state index in [1.807, 2.05) is 12.1 Å². The van der Waals surface area contributed by atoms with E-state index in [1.165, 1.54) is 5.56 Å². The SMILES string of the molecule is COc1c(Br)cc(-c2nnn(Cc3ccc(C)cc3)n2)cc1Br. The first kappa shape index (κ1) is 16.1. The fourth-order valence-electron chi connectivity index (χ4n) is 2.17. The van der Waals surface area contributed by atoms with Crippen LogP contribution in [0, 0.1) is 6.92 Å². The Balaban J connectivity index is 1.85. The molecule has 0 N–H and O–H groups in total. The van der Waals surface area contributed by atoms with E-state index in [0.29, 0.717) is 12.4 Å². The molecule has 7 heteroatoms. The Morgan fingerprint density at radius 3 is 2.35 bits per heavy atom. The van der Waals surface area contributed by atoms with E-state index in [9.17, 15) is 0 Å². The van der Waals surface area contributed by atoms with E-state index in [1.54, 1.807) is 11.9 Å². The average molecular weight is 438 g/mol. The van der Waals surface area contributed by atoms with Crippen molar-refractivity contribution in [3.05, 3.63) is 56.5 Å². The summed E-state index contributed by atoms with van der Waals surface area (Å²) in [4.78, 5) is 1.59. The number of halogens is 2. The van der Waals surface area contributed by atoms with Gasteiger partial charge in [-0.1, -0.05) is 29.8 Å². The van der Waals surface area contributed by atoms with Crippen molar-refractivity contribution >= 4 is 31.9 Å². The van der Waals surface area contributed by atoms with E-state index < -0.39 is 0 Å². The first-order valence-corrected chi connectivity index (χ1v) is 8.52. The van der Waals surface area contributed by atoms with Crippen LogP contribution in [0.25, 0.3) is 11.4 Å². The van der Waals surface area contributed by atoms with Crippen LogP contribution in [0.2, 0.25) is 0 Å². The third kappa shape index (κ3) is 3.61. The number of aromatic nitrogens is 4. The predicted molar refractivity (Wildman–Crippen MR) is 95.5 cm³/mol. The quantitative estimate of drug-likeness (QED) is 0.612. The van der Waals surface area contributed by atoms with Crippen molar-refractivity contribution in [3.8, 4) is 17.1 Å². The smallest absolute Gasteiger partial charge is 0.205 e. The lowest BCUT2D eigenvalue weighted by Crippen LogP contribution is -2.03. The lowest BCUT2D eigenvalue weighted by molar-refractivity contribution is 0.409. The Morgan fingerprint density at radius 2 is 1.74 bits per heavy atom. The molecule has 0 fully saturated rings. The molecule has 0 atom stereocenters. The molecule has 5 nitrogen and oxygen atoms in total. The second-order valence-electron chi connectivity index (χ2n) is 5.10. The van der Waals surface area contributed by atoms with Crippen molar-refractivity contribution in [2.75, 3.05) is 7.11 Å². The van der Waals surface area contributed by atoms with Gasteiger partial charge in [-0.3, -0.25) is 0 Å². The molecule has 3 aromatic rings. The van der Waals surface area contributed by atoms with Gasteiger partial charge in [-0.15, -0.1) is 10.2 Å². The van der Waals surface area contributed by atoms with E-state index in [2.05, 4.69) is 78.5 Å². The summed E-state index contributed by atoms with van der Waals surface area (Å²) in [6.07, 6.45) is 0. The summed E-state index contributed by atoms with van der Waals surface area (Å²) in [7, 11) is 1.63. The number of aryl methyl sites for hydroxylation is 1. The topological polar surface area (TPSA) is 52.8 Å². The first-order chi connectivity index (χ1) is 11.1. The Labute approximate surface area is 150 Å². The molecule has 0 saturated carbocycles. The maximum Gasteiger partial charge on any atom is 0.205 e. The van der Waals surface area contributed by atoms with Gasteiger partial charge in [0.05, 0.1) is 22.6 Å². The van der Waals surface area contributed by atoms with Crippen LogP contribution in [0.15, 0.2) is 45.3 Å². The molecule has 0 aliphatic heterocycles. The van der Waals surface area contributed by atoms with Crippen molar-refractivity contribution in [3.63, 3.8) is 0 Å². The van der Waals surface area contributed by atoms with Crippen molar-refractivity contribution in [1.29, 1.82) is 0 Å². The molecule has 0 spiro atoms. The molecule has 0 unspecified atom stereocenters. The minimum Gasteiger partial charge on any atom is -0.494 e. The molecular weight excluding hydrogens is 424 g/mol. The molecule has 0 aliphatic rings. The van der Waals surface area contributed by atoms with Crippen LogP contribution in [-0.4, -0.2) is 27.3 Å². The molecule has 1 aromatic heterocycles. The molecule has 0 radical (unpaired) electrons. The number of benzene rings is 2. The molecule has 1 heterocycles. The fourth-order valence-corrected chi connectivity index (χ4v) is 3.68. The highest BCUT2D eigenvalue weighted by molar-refractivity contribution is 9.11. The zero-order valence-electron chi connectivity index (χ0n) is 12.6. The number of hydrogen-bond acceptors (Lipinski definition) is 4. The van der Waals surface area contributed by atoms with Gasteiger partial charge in [0.25, 0.3) is 0 Å². The minimum absolute atomic E-state index is 0.571. The van der Waals surface area contributed by atoms with E-state index in [4.69, 9.17) is 4.74 Å². The van der Waals surface area contributed by atoms with Crippen LogP contribution in [0.4, 0.5) is 0 Å². The number of rotatable bonds is 4. The Hall–Kier alpha value is -1.73. The molecule has 3 rings (SSSR count). The zero-order chi connectivity index (χ0) is 16.4. The summed E-state index contributed by atoms with van der Waals surface area (Å²) < 4.78 is 6.97. The largest absolute Gasteiger partial charge is 0.494 e. The number of tetrazole rings is 1. The standard InChI is InChI=1S/C16H14Br2N4O/c1-10-3-5-11(6-4-10)9-22-20-16(19-21-22)12-7-13(17)15(23-2)14(18)8-12/h3-8H,9H2,1-2H3. The summed E-state index contributed by atoms with van der Waals surface area (Å²) in [5, 5.41) is 12.7. The molecule has 0 aliphatic carbocycles. The minimum atomic E-state index is 0.571. The Morgan fingerprint density at radius 1 is 1.09 bits per heavy atom. The second-order valence-corrected chi connectivity index (χ2v) is 6.81. The van der Waals surface area contributed by atoms with Crippen LogP contribution in [0.3, 0.4) is 0 Å². The lowest BCUT2D eigenvalue weighted by atomic mass is 10.1. The average Bonchev–Trinajstić information content (AvgIpc) is 2.98. The van der Waals surface area contributed by atoms with Crippen LogP contribution in [0.5, 0.6) is 5.75 Å². The summed E-state index contributed by atoms with van der Waals surface area (Å²) in [5.74, 6) is 1.31. The van der Waals surface area contributed by atoms with Gasteiger partial charge in [0.2, 0.25) is 5.82 Å². The molecule has 0 amide bonds. The van der Waals surface area contributed by atoms with E-state index in [-0.39, 0.29) is 0 Å². The van der Waals surface area contributed by atoms with Gasteiger partial charge in [-0.05, 0) is 61.7 Å². The lowest BCUT2D eigenvalue weighted by Gasteiger charge is -2.07. The summed E-state index contributed by atoms with van der Waals surface area (Å²) in [5.41, 5.74) is 3.23. The highest BCUT2D eigenvalue weighted by Crippen LogP contribution is 2.36. The highest BCUT2D eigenvalue weighted by atomic mass is 79.9. The summed E-state index contributed by atoms with van der Waals surface area (Å²) >= 11 is 6.97. The third-order valence-electron chi connectivity index (χ3n) is 3.36. The zero-order valence-corrected chi connectivity index (χ0v) is 15.8. The van der Waals surface area contributed by atoms with Crippen LogP contribution in [0.1, 0.15) is 11.1 Å². The van der Waals surface area contributed by atoms with Crippen LogP contribution in [-0.2, 0) is 6.54 Å². The number of nitrogens with zero attached hydrogens (tertiary/aromatic N) is 4. The van der Waals surface area contributed by atoms with Crippen molar-refractivity contribution < 1.29 is 4.74 Å². The van der Waals surface area contributed by atoms with Gasteiger partial charge in [0.1, 0.15) is 5.75 Å². The maximum atomic E-state index is 5.31. The van der Waals surface area contributed by atoms with Gasteiger partial charge in [0, 0.05) is 5.56 Å². The van der Waals surface area contributed by atoms with Gasteiger partial charge < -0.3 is 4.74 Å². The van der Waals surface area contributed by atoms with Gasteiger partial charge in [-0.2, -0.15) is 4.80 Å². The Kier molecular flexibility index (Phi) is 4.77. The molecular formula is C16H14Br2N4O. The second kappa shape index (κ2) is 6.80. The normalized spacial score (nSPS) is 10.8. The van der Waals surface area contributed by atoms with E-state index >= 15 is 0 Å². The Bertz CT molecular complexity index is 807.